The van der Waals surface area contributed by atoms with Crippen molar-refractivity contribution in [3.05, 3.63) is 111 Å². The minimum atomic E-state index is -0.421. The number of hydrogen-bond donors (Lipinski definition) is 0. The third-order valence-electron chi connectivity index (χ3n) is 6.86. The van der Waals surface area contributed by atoms with Crippen LogP contribution in [0.5, 0.6) is 0 Å². The standard InChI is InChI=1S/C27H26N4O4/c1-2-13-29(22-7-4-3-5-8-22)27(33)20-11-12-24(25(15-20)31(34)35)28-16-19-14-21(18-28)23-9-6-10-26(32)30(23)17-19/h2-12,15,19,21H,1,13-14,16-18H2/t19-,21+/m1/s1. The van der Waals surface area contributed by atoms with E-state index in [2.05, 4.69) is 6.58 Å². The van der Waals surface area contributed by atoms with Gasteiger partial charge in [0.25, 0.3) is 17.2 Å². The van der Waals surface area contributed by atoms with Gasteiger partial charge in [-0.2, -0.15) is 0 Å². The van der Waals surface area contributed by atoms with Gasteiger partial charge in [-0.1, -0.05) is 30.3 Å². The van der Waals surface area contributed by atoms with E-state index in [1.807, 2.05) is 45.9 Å². The summed E-state index contributed by atoms with van der Waals surface area (Å²) in [4.78, 5) is 40.9. The molecule has 1 aromatic heterocycles. The Labute approximate surface area is 202 Å². The highest BCUT2D eigenvalue weighted by atomic mass is 16.6. The van der Waals surface area contributed by atoms with Gasteiger partial charge in [-0.25, -0.2) is 0 Å². The van der Waals surface area contributed by atoms with E-state index in [4.69, 9.17) is 0 Å². The third-order valence-corrected chi connectivity index (χ3v) is 6.86. The van der Waals surface area contributed by atoms with Crippen molar-refractivity contribution in [1.82, 2.24) is 4.57 Å². The molecular weight excluding hydrogens is 444 g/mol. The number of amides is 1. The Morgan fingerprint density at radius 1 is 1.09 bits per heavy atom. The second-order valence-electron chi connectivity index (χ2n) is 9.10. The maximum Gasteiger partial charge on any atom is 0.293 e. The number of rotatable bonds is 6. The first-order chi connectivity index (χ1) is 17.0. The molecular formula is C27H26N4O4. The third kappa shape index (κ3) is 4.23. The van der Waals surface area contributed by atoms with Crippen molar-refractivity contribution >= 4 is 23.0 Å². The van der Waals surface area contributed by atoms with E-state index >= 15 is 0 Å². The molecule has 2 aliphatic heterocycles. The van der Waals surface area contributed by atoms with Gasteiger partial charge in [0.1, 0.15) is 5.69 Å². The van der Waals surface area contributed by atoms with Crippen LogP contribution in [0.2, 0.25) is 0 Å². The number of carbonyl (C=O) groups excluding carboxylic acids is 1. The second kappa shape index (κ2) is 9.21. The lowest BCUT2D eigenvalue weighted by atomic mass is 9.83. The van der Waals surface area contributed by atoms with Crippen molar-refractivity contribution < 1.29 is 9.72 Å². The van der Waals surface area contributed by atoms with Gasteiger partial charge in [0.05, 0.1) is 4.92 Å². The molecule has 5 rings (SSSR count). The minimum Gasteiger partial charge on any atom is -0.365 e. The first-order valence-corrected chi connectivity index (χ1v) is 11.7. The summed E-state index contributed by atoms with van der Waals surface area (Å²) in [5, 5.41) is 12.1. The quantitative estimate of drug-likeness (QED) is 0.306. The van der Waals surface area contributed by atoms with Gasteiger partial charge in [-0.3, -0.25) is 19.7 Å². The monoisotopic (exact) mass is 470 g/mol. The largest absolute Gasteiger partial charge is 0.365 e. The Hall–Kier alpha value is -4.20. The number of anilines is 2. The van der Waals surface area contributed by atoms with Crippen molar-refractivity contribution in [3.63, 3.8) is 0 Å². The van der Waals surface area contributed by atoms with Crippen LogP contribution in [0, 0.1) is 16.0 Å². The number of nitro groups is 1. The fourth-order valence-electron chi connectivity index (χ4n) is 5.36. The van der Waals surface area contributed by atoms with Crippen molar-refractivity contribution in [3.8, 4) is 0 Å². The summed E-state index contributed by atoms with van der Waals surface area (Å²) in [6, 6.07) is 19.2. The SMILES string of the molecule is C=CCN(C(=O)c1ccc(N2C[C@H]3C[C@@H](C2)c2cccc(=O)n2C3)c([N+](=O)[O-])c1)c1ccccc1. The van der Waals surface area contributed by atoms with E-state index in [0.29, 0.717) is 31.0 Å². The van der Waals surface area contributed by atoms with Gasteiger partial charge < -0.3 is 14.4 Å². The van der Waals surface area contributed by atoms with Crippen LogP contribution in [0.3, 0.4) is 0 Å². The Morgan fingerprint density at radius 3 is 2.63 bits per heavy atom. The number of aromatic nitrogens is 1. The summed E-state index contributed by atoms with van der Waals surface area (Å²) in [7, 11) is 0. The summed E-state index contributed by atoms with van der Waals surface area (Å²) in [6.07, 6.45) is 2.58. The summed E-state index contributed by atoms with van der Waals surface area (Å²) in [6.45, 7) is 5.84. The second-order valence-corrected chi connectivity index (χ2v) is 9.10. The van der Waals surface area contributed by atoms with E-state index in [-0.39, 0.29) is 41.1 Å². The molecule has 1 fully saturated rings. The van der Waals surface area contributed by atoms with Crippen LogP contribution in [-0.4, -0.2) is 35.0 Å². The number of carbonyl (C=O) groups is 1. The number of nitrogens with zero attached hydrogens (tertiary/aromatic N) is 4. The van der Waals surface area contributed by atoms with Gasteiger partial charge in [0, 0.05) is 61.2 Å². The lowest BCUT2D eigenvalue weighted by Crippen LogP contribution is -2.47. The minimum absolute atomic E-state index is 0.00184. The predicted molar refractivity (Wildman–Crippen MR) is 135 cm³/mol. The molecule has 2 aliphatic rings. The van der Waals surface area contributed by atoms with Gasteiger partial charge in [0.15, 0.2) is 0 Å². The number of nitro benzene ring substituents is 1. The zero-order valence-electron chi connectivity index (χ0n) is 19.2. The molecule has 0 radical (unpaired) electrons. The van der Waals surface area contributed by atoms with E-state index < -0.39 is 4.92 Å². The highest BCUT2D eigenvalue weighted by Crippen LogP contribution is 2.40. The highest BCUT2D eigenvalue weighted by molar-refractivity contribution is 6.07. The molecule has 8 heteroatoms. The molecule has 0 spiro atoms. The van der Waals surface area contributed by atoms with Crippen LogP contribution >= 0.6 is 0 Å². The number of fused-ring (bicyclic) bond motifs is 4. The Balaban J connectivity index is 1.47. The highest BCUT2D eigenvalue weighted by Gasteiger charge is 2.36. The average Bonchev–Trinajstić information content (AvgIpc) is 2.87. The lowest BCUT2D eigenvalue weighted by molar-refractivity contribution is -0.384. The molecule has 2 bridgehead atoms. The van der Waals surface area contributed by atoms with Crippen LogP contribution in [0.4, 0.5) is 17.1 Å². The molecule has 178 valence electrons. The molecule has 2 aromatic carbocycles. The van der Waals surface area contributed by atoms with Crippen molar-refractivity contribution in [2.75, 3.05) is 29.4 Å². The molecule has 1 saturated heterocycles. The number of piperidine rings is 1. The molecule has 3 aromatic rings. The molecule has 3 heterocycles. The van der Waals surface area contributed by atoms with Gasteiger partial charge in [-0.05, 0) is 42.7 Å². The van der Waals surface area contributed by atoms with Crippen molar-refractivity contribution in [1.29, 1.82) is 0 Å². The Morgan fingerprint density at radius 2 is 1.89 bits per heavy atom. The first-order valence-electron chi connectivity index (χ1n) is 11.7. The molecule has 1 amide bonds. The van der Waals surface area contributed by atoms with Crippen LogP contribution in [0.25, 0.3) is 0 Å². The van der Waals surface area contributed by atoms with Crippen molar-refractivity contribution in [2.45, 2.75) is 18.9 Å². The van der Waals surface area contributed by atoms with Gasteiger partial charge in [0.2, 0.25) is 0 Å². The lowest BCUT2D eigenvalue weighted by Gasteiger charge is -2.43. The Bertz CT molecular complexity index is 1350. The van der Waals surface area contributed by atoms with Crippen molar-refractivity contribution in [2.24, 2.45) is 5.92 Å². The maximum atomic E-state index is 13.3. The number of pyridine rings is 1. The summed E-state index contributed by atoms with van der Waals surface area (Å²) in [5.41, 5.74) is 2.34. The van der Waals surface area contributed by atoms with Crippen LogP contribution in [0.1, 0.15) is 28.4 Å². The summed E-state index contributed by atoms with van der Waals surface area (Å²) < 4.78 is 1.84. The average molecular weight is 471 g/mol. The van der Waals surface area contributed by atoms with Gasteiger partial charge in [-0.15, -0.1) is 6.58 Å². The molecule has 35 heavy (non-hydrogen) atoms. The van der Waals surface area contributed by atoms with Gasteiger partial charge >= 0.3 is 0 Å². The van der Waals surface area contributed by atoms with E-state index in [0.717, 1.165) is 12.1 Å². The Kier molecular flexibility index (Phi) is 5.94. The van der Waals surface area contributed by atoms with E-state index in [1.165, 1.54) is 6.07 Å². The maximum absolute atomic E-state index is 13.3. The molecule has 8 nitrogen and oxygen atoms in total. The van der Waals surface area contributed by atoms with Crippen LogP contribution < -0.4 is 15.4 Å². The molecule has 2 atom stereocenters. The van der Waals surface area contributed by atoms with E-state index in [9.17, 15) is 19.7 Å². The van der Waals surface area contributed by atoms with Crippen LogP contribution in [0.15, 0.2) is 84.2 Å². The predicted octanol–water partition coefficient (Wildman–Crippen LogP) is 4.21. The zero-order chi connectivity index (χ0) is 24.5. The number of para-hydroxylation sites is 1. The fraction of sp³-hybridized carbons (Fsp3) is 0.259. The van der Waals surface area contributed by atoms with Crippen LogP contribution in [-0.2, 0) is 6.54 Å². The van der Waals surface area contributed by atoms with E-state index in [1.54, 1.807) is 35.2 Å². The number of benzene rings is 2. The summed E-state index contributed by atoms with van der Waals surface area (Å²) in [5.74, 6) is 0.0245. The smallest absolute Gasteiger partial charge is 0.293 e. The fourth-order valence-corrected chi connectivity index (χ4v) is 5.36. The molecule has 0 N–H and O–H groups in total. The topological polar surface area (TPSA) is 88.7 Å². The normalized spacial score (nSPS) is 18.5. The first kappa shape index (κ1) is 22.6. The molecule has 0 unspecified atom stereocenters. The summed E-state index contributed by atoms with van der Waals surface area (Å²) >= 11 is 0. The zero-order valence-corrected chi connectivity index (χ0v) is 19.2. The molecule has 0 saturated carbocycles. The number of hydrogen-bond acceptors (Lipinski definition) is 5. The molecule has 0 aliphatic carbocycles.